The molecule has 1 aromatic carbocycles. The first kappa shape index (κ1) is 28.7. The molecule has 0 aromatic heterocycles. The summed E-state index contributed by atoms with van der Waals surface area (Å²) in [5, 5.41) is 24.9. The lowest BCUT2D eigenvalue weighted by Gasteiger charge is -2.59. The van der Waals surface area contributed by atoms with E-state index in [2.05, 4.69) is 38.2 Å². The van der Waals surface area contributed by atoms with Crippen molar-refractivity contribution in [1.29, 1.82) is 0 Å². The predicted molar refractivity (Wildman–Crippen MR) is 157 cm³/mol. The largest absolute Gasteiger partial charge is 0.458 e. The molecule has 6 aliphatic rings. The van der Waals surface area contributed by atoms with Crippen LogP contribution in [-0.4, -0.2) is 58.5 Å². The summed E-state index contributed by atoms with van der Waals surface area (Å²) in [6.07, 6.45) is 5.23. The maximum Gasteiger partial charge on any atom is 0.336 e. The molecule has 4 saturated carbocycles. The Balaban J connectivity index is 1.10. The Morgan fingerprint density at radius 3 is 2.55 bits per heavy atom. The number of epoxide rings is 1. The maximum atomic E-state index is 14.2. The summed E-state index contributed by atoms with van der Waals surface area (Å²) in [5.74, 6) is 1.64. The number of cyclic esters (lactones) is 1. The van der Waals surface area contributed by atoms with E-state index in [9.17, 15) is 19.8 Å². The van der Waals surface area contributed by atoms with E-state index in [1.54, 1.807) is 0 Å². The van der Waals surface area contributed by atoms with E-state index in [-0.39, 0.29) is 53.9 Å². The molecule has 2 heterocycles. The molecule has 1 saturated heterocycles. The number of fused-ring (bicyclic) bond motifs is 4. The predicted octanol–water partition coefficient (Wildman–Crippen LogP) is 4.35. The maximum absolute atomic E-state index is 14.2. The second-order valence-corrected chi connectivity index (χ2v) is 14.9. The van der Waals surface area contributed by atoms with Crippen molar-refractivity contribution in [3.8, 4) is 0 Å². The number of ether oxygens (including phenoxy) is 2. The summed E-state index contributed by atoms with van der Waals surface area (Å²) in [6, 6.07) is 9.83. The highest BCUT2D eigenvalue weighted by Gasteiger charge is 2.82. The molecule has 7 rings (SSSR count). The van der Waals surface area contributed by atoms with Gasteiger partial charge >= 0.3 is 5.97 Å². The minimum atomic E-state index is -0.776. The van der Waals surface area contributed by atoms with E-state index >= 15 is 0 Å². The Bertz CT molecular complexity index is 1300. The molecule has 1 aromatic rings. The molecule has 2 aliphatic heterocycles. The van der Waals surface area contributed by atoms with Gasteiger partial charge in [0.25, 0.3) is 0 Å². The van der Waals surface area contributed by atoms with E-state index in [1.165, 1.54) is 0 Å². The van der Waals surface area contributed by atoms with Crippen LogP contribution >= 0.6 is 0 Å². The van der Waals surface area contributed by atoms with Crippen LogP contribution in [0.25, 0.3) is 0 Å². The van der Waals surface area contributed by atoms with Crippen molar-refractivity contribution in [2.75, 3.05) is 6.61 Å². The second kappa shape index (κ2) is 9.98. The zero-order valence-corrected chi connectivity index (χ0v) is 25.5. The van der Waals surface area contributed by atoms with Crippen molar-refractivity contribution >= 4 is 11.8 Å². The lowest BCUT2D eigenvalue weighted by molar-refractivity contribution is -0.169. The second-order valence-electron chi connectivity index (χ2n) is 14.9. The van der Waals surface area contributed by atoms with Crippen LogP contribution in [0.15, 0.2) is 41.5 Å². The normalized spacial score (nSPS) is 46.7. The topological polar surface area (TPSA) is 108 Å². The smallest absolute Gasteiger partial charge is 0.336 e. The molecule has 42 heavy (non-hydrogen) atoms. The van der Waals surface area contributed by atoms with Crippen LogP contribution in [0.2, 0.25) is 0 Å². The highest BCUT2D eigenvalue weighted by atomic mass is 16.6. The van der Waals surface area contributed by atoms with Crippen LogP contribution in [0.3, 0.4) is 0 Å². The zero-order valence-electron chi connectivity index (χ0n) is 25.5. The molecule has 12 atom stereocenters. The molecule has 3 N–H and O–H groups in total. The third-order valence-corrected chi connectivity index (χ3v) is 13.4. The number of hydrogen-bond acceptors (Lipinski definition) is 7. The number of carbonyl (C=O) groups excluding carboxylic acids is 2. The Labute approximate surface area is 249 Å². The van der Waals surface area contributed by atoms with Crippen LogP contribution in [0.1, 0.15) is 78.2 Å². The fourth-order valence-corrected chi connectivity index (χ4v) is 11.1. The fourth-order valence-electron chi connectivity index (χ4n) is 11.1. The summed E-state index contributed by atoms with van der Waals surface area (Å²) in [7, 11) is 0. The molecule has 4 aliphatic carbocycles. The van der Waals surface area contributed by atoms with Crippen LogP contribution in [0.4, 0.5) is 0 Å². The van der Waals surface area contributed by atoms with Gasteiger partial charge in [-0.2, -0.15) is 0 Å². The van der Waals surface area contributed by atoms with Crippen molar-refractivity contribution in [2.45, 2.75) is 109 Å². The van der Waals surface area contributed by atoms with Crippen molar-refractivity contribution in [3.05, 3.63) is 47.0 Å². The van der Waals surface area contributed by atoms with E-state index in [4.69, 9.17) is 9.47 Å². The number of rotatable bonds is 6. The lowest BCUT2D eigenvalue weighted by atomic mass is 9.43. The number of aliphatic hydroxyl groups is 2. The minimum absolute atomic E-state index is 0.0770. The first-order chi connectivity index (χ1) is 20.1. The number of carbonyl (C=O) groups is 2. The van der Waals surface area contributed by atoms with Gasteiger partial charge in [0.2, 0.25) is 0 Å². The van der Waals surface area contributed by atoms with E-state index < -0.39 is 17.1 Å². The Kier molecular flexibility index (Phi) is 6.82. The number of benzene rings is 1. The van der Waals surface area contributed by atoms with Crippen LogP contribution in [-0.2, 0) is 25.6 Å². The van der Waals surface area contributed by atoms with Gasteiger partial charge in [-0.05, 0) is 86.5 Å². The van der Waals surface area contributed by atoms with Crippen molar-refractivity contribution in [1.82, 2.24) is 5.32 Å². The Hall–Kier alpha value is -2.06. The summed E-state index contributed by atoms with van der Waals surface area (Å²) >= 11 is 0. The Morgan fingerprint density at radius 2 is 1.83 bits per heavy atom. The monoisotopic (exact) mass is 577 g/mol. The molecule has 7 nitrogen and oxygen atoms in total. The van der Waals surface area contributed by atoms with Gasteiger partial charge in [-0.25, -0.2) is 4.79 Å². The number of nitrogens with one attached hydrogen (secondary N) is 1. The molecule has 0 bridgehead atoms. The molecule has 0 amide bonds. The highest BCUT2D eigenvalue weighted by Crippen LogP contribution is 2.73. The van der Waals surface area contributed by atoms with Gasteiger partial charge in [0.1, 0.15) is 23.6 Å². The SMILES string of the molecule is CC1=C(CO)C(=O)O[C@@H]([C@@H](C)[C@H]2CC[C@H]3[C@@H]4C[C@H]5O[C@]56[C@@H](O)[C@@H](NCc5ccccc5)CC(=O)[C@]6(C)[C@H]4CC[C@]23C)C1. The number of aliphatic hydroxyl groups excluding tert-OH is 2. The van der Waals surface area contributed by atoms with Crippen molar-refractivity contribution in [2.24, 2.45) is 40.4 Å². The van der Waals surface area contributed by atoms with Crippen LogP contribution < -0.4 is 5.32 Å². The van der Waals surface area contributed by atoms with E-state index in [1.807, 2.05) is 25.1 Å². The van der Waals surface area contributed by atoms with Crippen LogP contribution in [0, 0.1) is 40.4 Å². The quantitative estimate of drug-likeness (QED) is 0.341. The van der Waals surface area contributed by atoms with E-state index in [0.29, 0.717) is 42.7 Å². The standard InChI is InChI=1S/C35H47NO6/c1-19-14-28(41-32(40)23(19)18-37)20(2)24-10-11-25-22-15-30-35(42-30)31(39)27(36-17-21-8-6-5-7-9-21)16-29(38)34(35,4)26(22)12-13-33(24,25)3/h5-9,20,22,24-28,30-31,36-37,39H,10-18H2,1-4H3/t20-,22-,24+,25-,26-,27-,28+,30+,31-,33+,34-,35-/m0/s1. The fraction of sp³-hybridized carbons (Fsp3) is 0.714. The first-order valence-corrected chi connectivity index (χ1v) is 16.2. The zero-order chi connectivity index (χ0) is 29.6. The van der Waals surface area contributed by atoms with Crippen molar-refractivity contribution in [3.63, 3.8) is 0 Å². The summed E-state index contributed by atoms with van der Waals surface area (Å²) in [4.78, 5) is 26.8. The van der Waals surface area contributed by atoms with Gasteiger partial charge in [0.15, 0.2) is 0 Å². The number of Topliss-reactive ketones (excluding diaryl/α,β-unsaturated/α-hetero) is 1. The van der Waals surface area contributed by atoms with E-state index in [0.717, 1.165) is 43.2 Å². The number of hydrogen-bond donors (Lipinski definition) is 3. The average molecular weight is 578 g/mol. The minimum Gasteiger partial charge on any atom is -0.458 e. The summed E-state index contributed by atoms with van der Waals surface area (Å²) < 4.78 is 12.4. The van der Waals surface area contributed by atoms with Crippen molar-refractivity contribution < 1.29 is 29.3 Å². The van der Waals surface area contributed by atoms with Crippen LogP contribution in [0.5, 0.6) is 0 Å². The molecular weight excluding hydrogens is 530 g/mol. The van der Waals surface area contributed by atoms with Gasteiger partial charge in [-0.1, -0.05) is 49.8 Å². The lowest BCUT2D eigenvalue weighted by Crippen LogP contribution is -2.69. The average Bonchev–Trinajstić information content (AvgIpc) is 3.61. The highest BCUT2D eigenvalue weighted by molar-refractivity contribution is 5.90. The molecular formula is C35H47NO6. The molecule has 5 fully saturated rings. The number of ketones is 1. The third-order valence-electron chi connectivity index (χ3n) is 13.4. The van der Waals surface area contributed by atoms with Gasteiger partial charge < -0.3 is 25.0 Å². The summed E-state index contributed by atoms with van der Waals surface area (Å²) in [6.45, 7) is 9.12. The number of esters is 1. The van der Waals surface area contributed by atoms with Gasteiger partial charge in [0, 0.05) is 25.4 Å². The third kappa shape index (κ3) is 3.85. The molecule has 0 unspecified atom stereocenters. The molecule has 7 heteroatoms. The molecule has 228 valence electrons. The van der Waals surface area contributed by atoms with Gasteiger partial charge in [0.05, 0.1) is 23.7 Å². The Morgan fingerprint density at radius 1 is 1.07 bits per heavy atom. The summed E-state index contributed by atoms with van der Waals surface area (Å²) in [5.41, 5.74) is 1.17. The molecule has 1 spiro atoms. The van der Waals surface area contributed by atoms with Gasteiger partial charge in [-0.3, -0.25) is 4.79 Å². The molecule has 0 radical (unpaired) electrons. The van der Waals surface area contributed by atoms with Gasteiger partial charge in [-0.15, -0.1) is 0 Å². The first-order valence-electron chi connectivity index (χ1n) is 16.2.